The SMILES string of the molecule is CC(C)(C)OC(=O)N1CCC(Cc2ccnc(Cl)c2)C1. The fourth-order valence-corrected chi connectivity index (χ4v) is 2.59. The van der Waals surface area contributed by atoms with Crippen LogP contribution < -0.4 is 0 Å². The van der Waals surface area contributed by atoms with E-state index in [4.69, 9.17) is 16.3 Å². The van der Waals surface area contributed by atoms with Gasteiger partial charge in [0.1, 0.15) is 10.8 Å². The van der Waals surface area contributed by atoms with Gasteiger partial charge < -0.3 is 9.64 Å². The summed E-state index contributed by atoms with van der Waals surface area (Å²) in [6, 6.07) is 3.86. The van der Waals surface area contributed by atoms with E-state index in [1.807, 2.05) is 32.9 Å². The Morgan fingerprint density at radius 3 is 2.95 bits per heavy atom. The first-order chi connectivity index (χ1) is 9.33. The van der Waals surface area contributed by atoms with Crippen molar-refractivity contribution in [1.29, 1.82) is 0 Å². The van der Waals surface area contributed by atoms with E-state index in [1.165, 1.54) is 5.56 Å². The van der Waals surface area contributed by atoms with Gasteiger partial charge in [-0.15, -0.1) is 0 Å². The van der Waals surface area contributed by atoms with Gasteiger partial charge in [0.05, 0.1) is 0 Å². The Bertz CT molecular complexity index is 485. The Morgan fingerprint density at radius 2 is 2.30 bits per heavy atom. The molecule has 1 atom stereocenters. The first-order valence-electron chi connectivity index (χ1n) is 6.92. The van der Waals surface area contributed by atoms with Crippen LogP contribution in [-0.4, -0.2) is 34.7 Å². The molecule has 1 amide bonds. The second-order valence-electron chi connectivity index (χ2n) is 6.27. The molecule has 0 radical (unpaired) electrons. The third-order valence-electron chi connectivity index (χ3n) is 3.25. The lowest BCUT2D eigenvalue weighted by atomic mass is 10.00. The molecule has 0 aromatic carbocycles. The molecule has 0 saturated carbocycles. The smallest absolute Gasteiger partial charge is 0.410 e. The topological polar surface area (TPSA) is 42.4 Å². The average Bonchev–Trinajstić information content (AvgIpc) is 2.75. The van der Waals surface area contributed by atoms with Crippen LogP contribution in [0.2, 0.25) is 5.15 Å². The molecule has 5 heteroatoms. The maximum Gasteiger partial charge on any atom is 0.410 e. The molecular formula is C15H21ClN2O2. The van der Waals surface area contributed by atoms with E-state index in [0.29, 0.717) is 11.1 Å². The Labute approximate surface area is 125 Å². The average molecular weight is 297 g/mol. The lowest BCUT2D eigenvalue weighted by Gasteiger charge is -2.24. The van der Waals surface area contributed by atoms with Crippen molar-refractivity contribution in [3.05, 3.63) is 29.0 Å². The van der Waals surface area contributed by atoms with Crippen molar-refractivity contribution < 1.29 is 9.53 Å². The van der Waals surface area contributed by atoms with Crippen LogP contribution in [0, 0.1) is 5.92 Å². The Kier molecular flexibility index (Phi) is 4.53. The Morgan fingerprint density at radius 1 is 1.55 bits per heavy atom. The quantitative estimate of drug-likeness (QED) is 0.784. The summed E-state index contributed by atoms with van der Waals surface area (Å²) in [4.78, 5) is 17.8. The summed E-state index contributed by atoms with van der Waals surface area (Å²) in [7, 11) is 0. The molecule has 0 spiro atoms. The highest BCUT2D eigenvalue weighted by Gasteiger charge is 2.29. The van der Waals surface area contributed by atoms with Crippen molar-refractivity contribution in [2.24, 2.45) is 5.92 Å². The highest BCUT2D eigenvalue weighted by Crippen LogP contribution is 2.23. The molecule has 1 saturated heterocycles. The number of halogens is 1. The molecule has 1 aliphatic heterocycles. The van der Waals surface area contributed by atoms with Crippen LogP contribution in [0.5, 0.6) is 0 Å². The number of ether oxygens (including phenoxy) is 1. The van der Waals surface area contributed by atoms with Crippen molar-refractivity contribution in [2.75, 3.05) is 13.1 Å². The third-order valence-corrected chi connectivity index (χ3v) is 3.46. The van der Waals surface area contributed by atoms with Crippen LogP contribution in [0.25, 0.3) is 0 Å². The maximum absolute atomic E-state index is 12.0. The van der Waals surface area contributed by atoms with Crippen LogP contribution in [0.1, 0.15) is 32.8 Å². The monoisotopic (exact) mass is 296 g/mol. The fraction of sp³-hybridized carbons (Fsp3) is 0.600. The lowest BCUT2D eigenvalue weighted by Crippen LogP contribution is -2.35. The van der Waals surface area contributed by atoms with Crippen molar-refractivity contribution in [1.82, 2.24) is 9.88 Å². The van der Waals surface area contributed by atoms with Gasteiger partial charge in [-0.25, -0.2) is 9.78 Å². The molecule has 0 aliphatic carbocycles. The van der Waals surface area contributed by atoms with Crippen molar-refractivity contribution in [3.63, 3.8) is 0 Å². The highest BCUT2D eigenvalue weighted by atomic mass is 35.5. The van der Waals surface area contributed by atoms with Crippen molar-refractivity contribution in [3.8, 4) is 0 Å². The second-order valence-corrected chi connectivity index (χ2v) is 6.66. The minimum atomic E-state index is -0.437. The zero-order chi connectivity index (χ0) is 14.8. The number of nitrogens with zero attached hydrogens (tertiary/aromatic N) is 2. The fourth-order valence-electron chi connectivity index (χ4n) is 2.39. The molecule has 0 bridgehead atoms. The van der Waals surface area contributed by atoms with Gasteiger partial charge in [0.25, 0.3) is 0 Å². The summed E-state index contributed by atoms with van der Waals surface area (Å²) in [6.07, 6.45) is 3.42. The van der Waals surface area contributed by atoms with E-state index in [1.54, 1.807) is 11.1 Å². The van der Waals surface area contributed by atoms with E-state index in [0.717, 1.165) is 25.9 Å². The van der Waals surface area contributed by atoms with Crippen LogP contribution >= 0.6 is 11.6 Å². The predicted octanol–water partition coefficient (Wildman–Crippen LogP) is 3.53. The normalized spacial score (nSPS) is 19.2. The Balaban J connectivity index is 1.88. The van der Waals surface area contributed by atoms with Gasteiger partial charge in [-0.3, -0.25) is 0 Å². The summed E-state index contributed by atoms with van der Waals surface area (Å²) < 4.78 is 5.40. The number of carbonyl (C=O) groups excluding carboxylic acids is 1. The van der Waals surface area contributed by atoms with Crippen molar-refractivity contribution >= 4 is 17.7 Å². The number of pyridine rings is 1. The minimum Gasteiger partial charge on any atom is -0.444 e. The van der Waals surface area contributed by atoms with Crippen LogP contribution in [0.3, 0.4) is 0 Å². The zero-order valence-electron chi connectivity index (χ0n) is 12.2. The summed E-state index contributed by atoms with van der Waals surface area (Å²) in [5.74, 6) is 0.459. The molecule has 0 N–H and O–H groups in total. The number of hydrogen-bond donors (Lipinski definition) is 0. The van der Waals surface area contributed by atoms with Gasteiger partial charge in [-0.05, 0) is 57.2 Å². The molecule has 1 unspecified atom stereocenters. The molecular weight excluding hydrogens is 276 g/mol. The third kappa shape index (κ3) is 4.37. The number of rotatable bonds is 2. The number of carbonyl (C=O) groups is 1. The summed E-state index contributed by atoms with van der Waals surface area (Å²) >= 11 is 5.89. The van der Waals surface area contributed by atoms with Gasteiger partial charge in [0.15, 0.2) is 0 Å². The lowest BCUT2D eigenvalue weighted by molar-refractivity contribution is 0.0288. The van der Waals surface area contributed by atoms with E-state index >= 15 is 0 Å². The van der Waals surface area contributed by atoms with E-state index in [9.17, 15) is 4.79 Å². The van der Waals surface area contributed by atoms with Crippen molar-refractivity contribution in [2.45, 2.75) is 39.2 Å². The number of amides is 1. The van der Waals surface area contributed by atoms with Gasteiger partial charge in [0.2, 0.25) is 0 Å². The van der Waals surface area contributed by atoms with Gasteiger partial charge in [0, 0.05) is 19.3 Å². The molecule has 110 valence electrons. The zero-order valence-corrected chi connectivity index (χ0v) is 13.0. The number of aromatic nitrogens is 1. The molecule has 1 aromatic rings. The van der Waals surface area contributed by atoms with E-state index in [-0.39, 0.29) is 6.09 Å². The molecule has 2 heterocycles. The summed E-state index contributed by atoms with van der Waals surface area (Å²) in [5.41, 5.74) is 0.731. The second kappa shape index (κ2) is 6.00. The largest absolute Gasteiger partial charge is 0.444 e. The van der Waals surface area contributed by atoms with Crippen LogP contribution in [-0.2, 0) is 11.2 Å². The standard InChI is InChI=1S/C15H21ClN2O2/c1-15(2,3)20-14(19)18-7-5-12(10-18)8-11-4-6-17-13(16)9-11/h4,6,9,12H,5,7-8,10H2,1-3H3. The molecule has 4 nitrogen and oxygen atoms in total. The van der Waals surface area contributed by atoms with E-state index < -0.39 is 5.60 Å². The molecule has 2 rings (SSSR count). The molecule has 1 fully saturated rings. The Hall–Kier alpha value is -1.29. The first-order valence-corrected chi connectivity index (χ1v) is 7.29. The van der Waals surface area contributed by atoms with Crippen LogP contribution in [0.15, 0.2) is 18.3 Å². The molecule has 1 aliphatic rings. The minimum absolute atomic E-state index is 0.215. The predicted molar refractivity (Wildman–Crippen MR) is 78.9 cm³/mol. The van der Waals surface area contributed by atoms with Gasteiger partial charge in [-0.1, -0.05) is 11.6 Å². The number of likely N-dealkylation sites (tertiary alicyclic amines) is 1. The van der Waals surface area contributed by atoms with Crippen LogP contribution in [0.4, 0.5) is 4.79 Å². The summed E-state index contributed by atoms with van der Waals surface area (Å²) in [6.45, 7) is 7.17. The van der Waals surface area contributed by atoms with Gasteiger partial charge in [-0.2, -0.15) is 0 Å². The maximum atomic E-state index is 12.0. The highest BCUT2D eigenvalue weighted by molar-refractivity contribution is 6.29. The first kappa shape index (κ1) is 15.1. The van der Waals surface area contributed by atoms with E-state index in [2.05, 4.69) is 4.98 Å². The summed E-state index contributed by atoms with van der Waals surface area (Å²) in [5, 5.41) is 0.518. The van der Waals surface area contributed by atoms with Gasteiger partial charge >= 0.3 is 6.09 Å². The number of hydrogen-bond acceptors (Lipinski definition) is 3. The molecule has 1 aromatic heterocycles. The molecule has 20 heavy (non-hydrogen) atoms.